The number of rotatable bonds is 4. The molecule has 2 N–H and O–H groups in total. The van der Waals surface area contributed by atoms with E-state index >= 15 is 0 Å². The van der Waals surface area contributed by atoms with Gasteiger partial charge in [-0.25, -0.2) is 4.99 Å². The molecule has 0 spiro atoms. The molecular formula is C15H25N3O. The van der Waals surface area contributed by atoms with E-state index in [4.69, 9.17) is 4.74 Å². The minimum absolute atomic E-state index is 0.000904. The van der Waals surface area contributed by atoms with Crippen molar-refractivity contribution >= 4 is 5.96 Å². The summed E-state index contributed by atoms with van der Waals surface area (Å²) < 4.78 is 5.14. The fraction of sp³-hybridized carbons (Fsp3) is 0.533. The van der Waals surface area contributed by atoms with E-state index in [1.807, 2.05) is 24.3 Å². The lowest BCUT2D eigenvalue weighted by molar-refractivity contribution is 0.414. The normalized spacial score (nSPS) is 12.2. The molecule has 0 aromatic heterocycles. The zero-order valence-corrected chi connectivity index (χ0v) is 12.6. The Morgan fingerprint density at radius 1 is 1.21 bits per heavy atom. The van der Waals surface area contributed by atoms with Crippen LogP contribution in [0.1, 0.15) is 33.3 Å². The maximum Gasteiger partial charge on any atom is 0.191 e. The maximum atomic E-state index is 5.14. The highest BCUT2D eigenvalue weighted by Gasteiger charge is 2.11. The summed E-state index contributed by atoms with van der Waals surface area (Å²) >= 11 is 0. The van der Waals surface area contributed by atoms with Crippen molar-refractivity contribution in [2.24, 2.45) is 4.99 Å². The van der Waals surface area contributed by atoms with Gasteiger partial charge in [-0.3, -0.25) is 0 Å². The standard InChI is InChI=1S/C15H25N3O/c1-6-16-14(18-15(2,3)4)17-11-12-7-9-13(19-5)10-8-12/h7-10H,6,11H2,1-5H3,(H2,16,17,18). The topological polar surface area (TPSA) is 45.7 Å². The van der Waals surface area contributed by atoms with Crippen LogP contribution in [0.4, 0.5) is 0 Å². The Morgan fingerprint density at radius 2 is 1.84 bits per heavy atom. The van der Waals surface area contributed by atoms with Crippen LogP contribution >= 0.6 is 0 Å². The van der Waals surface area contributed by atoms with E-state index in [9.17, 15) is 0 Å². The first-order chi connectivity index (χ1) is 8.94. The Hall–Kier alpha value is -1.71. The van der Waals surface area contributed by atoms with Gasteiger partial charge in [-0.05, 0) is 45.4 Å². The van der Waals surface area contributed by atoms with Gasteiger partial charge in [0.25, 0.3) is 0 Å². The largest absolute Gasteiger partial charge is 0.497 e. The van der Waals surface area contributed by atoms with Crippen molar-refractivity contribution in [3.05, 3.63) is 29.8 Å². The minimum atomic E-state index is 0.000904. The van der Waals surface area contributed by atoms with E-state index in [0.717, 1.165) is 23.8 Å². The number of methoxy groups -OCH3 is 1. The summed E-state index contributed by atoms with van der Waals surface area (Å²) in [4.78, 5) is 4.58. The molecule has 106 valence electrons. The van der Waals surface area contributed by atoms with E-state index < -0.39 is 0 Å². The zero-order valence-electron chi connectivity index (χ0n) is 12.6. The van der Waals surface area contributed by atoms with Crippen LogP contribution in [0.5, 0.6) is 5.75 Å². The molecule has 0 unspecified atom stereocenters. The van der Waals surface area contributed by atoms with Gasteiger partial charge in [0.05, 0.1) is 13.7 Å². The molecule has 4 heteroatoms. The third-order valence-electron chi connectivity index (χ3n) is 2.42. The van der Waals surface area contributed by atoms with E-state index in [-0.39, 0.29) is 5.54 Å². The third-order valence-corrected chi connectivity index (χ3v) is 2.42. The summed E-state index contributed by atoms with van der Waals surface area (Å²) in [5, 5.41) is 6.61. The van der Waals surface area contributed by atoms with Gasteiger partial charge in [0.15, 0.2) is 5.96 Å². The highest BCUT2D eigenvalue weighted by Crippen LogP contribution is 2.11. The van der Waals surface area contributed by atoms with Crippen molar-refractivity contribution in [1.82, 2.24) is 10.6 Å². The predicted octanol–water partition coefficient (Wildman–Crippen LogP) is 2.55. The minimum Gasteiger partial charge on any atom is -0.497 e. The average Bonchev–Trinajstić information content (AvgIpc) is 2.35. The van der Waals surface area contributed by atoms with Crippen LogP contribution in [-0.2, 0) is 6.54 Å². The Kier molecular flexibility index (Phi) is 5.67. The molecule has 0 radical (unpaired) electrons. The molecule has 0 atom stereocenters. The van der Waals surface area contributed by atoms with Crippen LogP contribution < -0.4 is 15.4 Å². The van der Waals surface area contributed by atoms with E-state index in [2.05, 4.69) is 43.3 Å². The van der Waals surface area contributed by atoms with Gasteiger partial charge < -0.3 is 15.4 Å². The zero-order chi connectivity index (χ0) is 14.3. The first-order valence-corrected chi connectivity index (χ1v) is 6.64. The van der Waals surface area contributed by atoms with Gasteiger partial charge in [0.1, 0.15) is 5.75 Å². The number of aliphatic imine (C=N–C) groups is 1. The number of hydrogen-bond donors (Lipinski definition) is 2. The van der Waals surface area contributed by atoms with Crippen molar-refractivity contribution in [2.45, 2.75) is 39.8 Å². The Labute approximate surface area is 116 Å². The summed E-state index contributed by atoms with van der Waals surface area (Å²) in [7, 11) is 1.67. The number of hydrogen-bond acceptors (Lipinski definition) is 2. The summed E-state index contributed by atoms with van der Waals surface area (Å²) in [5.41, 5.74) is 1.16. The SMILES string of the molecule is CCNC(=NCc1ccc(OC)cc1)NC(C)(C)C. The highest BCUT2D eigenvalue weighted by atomic mass is 16.5. The molecule has 0 saturated carbocycles. The summed E-state index contributed by atoms with van der Waals surface area (Å²) in [6.45, 7) is 9.92. The molecule has 1 aromatic carbocycles. The van der Waals surface area contributed by atoms with Gasteiger partial charge >= 0.3 is 0 Å². The van der Waals surface area contributed by atoms with Gasteiger partial charge in [0.2, 0.25) is 0 Å². The van der Waals surface area contributed by atoms with Crippen LogP contribution in [-0.4, -0.2) is 25.2 Å². The van der Waals surface area contributed by atoms with Crippen LogP contribution in [0.15, 0.2) is 29.3 Å². The number of benzene rings is 1. The van der Waals surface area contributed by atoms with Crippen LogP contribution in [0.2, 0.25) is 0 Å². The number of ether oxygens (including phenoxy) is 1. The predicted molar refractivity (Wildman–Crippen MR) is 80.7 cm³/mol. The summed E-state index contributed by atoms with van der Waals surface area (Å²) in [6.07, 6.45) is 0. The lowest BCUT2D eigenvalue weighted by Gasteiger charge is -2.23. The van der Waals surface area contributed by atoms with E-state index in [0.29, 0.717) is 6.54 Å². The second kappa shape index (κ2) is 7.02. The van der Waals surface area contributed by atoms with Crippen LogP contribution in [0, 0.1) is 0 Å². The van der Waals surface area contributed by atoms with Crippen molar-refractivity contribution in [2.75, 3.05) is 13.7 Å². The second-order valence-electron chi connectivity index (χ2n) is 5.42. The van der Waals surface area contributed by atoms with Crippen molar-refractivity contribution in [3.63, 3.8) is 0 Å². The van der Waals surface area contributed by atoms with E-state index in [1.54, 1.807) is 7.11 Å². The van der Waals surface area contributed by atoms with Gasteiger partial charge in [0, 0.05) is 12.1 Å². The lowest BCUT2D eigenvalue weighted by atomic mass is 10.1. The molecular weight excluding hydrogens is 238 g/mol. The van der Waals surface area contributed by atoms with E-state index in [1.165, 1.54) is 0 Å². The Morgan fingerprint density at radius 3 is 2.32 bits per heavy atom. The quantitative estimate of drug-likeness (QED) is 0.648. The molecule has 19 heavy (non-hydrogen) atoms. The molecule has 0 heterocycles. The van der Waals surface area contributed by atoms with Crippen LogP contribution in [0.3, 0.4) is 0 Å². The first kappa shape index (κ1) is 15.3. The smallest absolute Gasteiger partial charge is 0.191 e. The molecule has 0 amide bonds. The average molecular weight is 263 g/mol. The van der Waals surface area contributed by atoms with Crippen molar-refractivity contribution in [1.29, 1.82) is 0 Å². The van der Waals surface area contributed by atoms with Gasteiger partial charge in [-0.1, -0.05) is 12.1 Å². The number of nitrogens with zero attached hydrogens (tertiary/aromatic N) is 1. The second-order valence-corrected chi connectivity index (χ2v) is 5.42. The van der Waals surface area contributed by atoms with Gasteiger partial charge in [-0.15, -0.1) is 0 Å². The summed E-state index contributed by atoms with van der Waals surface area (Å²) in [6, 6.07) is 7.97. The monoisotopic (exact) mass is 263 g/mol. The molecule has 0 aliphatic heterocycles. The highest BCUT2D eigenvalue weighted by molar-refractivity contribution is 5.80. The number of guanidine groups is 1. The molecule has 0 aliphatic carbocycles. The number of nitrogens with one attached hydrogen (secondary N) is 2. The Bertz CT molecular complexity index is 404. The fourth-order valence-corrected chi connectivity index (χ4v) is 1.56. The Balaban J connectivity index is 2.68. The molecule has 1 aromatic rings. The van der Waals surface area contributed by atoms with Crippen molar-refractivity contribution < 1.29 is 4.74 Å². The molecule has 1 rings (SSSR count). The van der Waals surface area contributed by atoms with Gasteiger partial charge in [-0.2, -0.15) is 0 Å². The fourth-order valence-electron chi connectivity index (χ4n) is 1.56. The molecule has 0 bridgehead atoms. The lowest BCUT2D eigenvalue weighted by Crippen LogP contribution is -2.47. The summed E-state index contributed by atoms with van der Waals surface area (Å²) in [5.74, 6) is 1.71. The molecule has 4 nitrogen and oxygen atoms in total. The third kappa shape index (κ3) is 6.13. The maximum absolute atomic E-state index is 5.14. The molecule has 0 aliphatic rings. The molecule has 0 saturated heterocycles. The van der Waals surface area contributed by atoms with Crippen LogP contribution in [0.25, 0.3) is 0 Å². The van der Waals surface area contributed by atoms with Crippen molar-refractivity contribution in [3.8, 4) is 5.75 Å². The first-order valence-electron chi connectivity index (χ1n) is 6.64. The molecule has 0 fully saturated rings.